The van der Waals surface area contributed by atoms with E-state index in [0.29, 0.717) is 18.8 Å². The molecule has 1 unspecified atom stereocenters. The first kappa shape index (κ1) is 9.51. The fraction of sp³-hybridized carbons (Fsp3) is 0.556. The van der Waals surface area contributed by atoms with Crippen LogP contribution in [0.15, 0.2) is 12.3 Å². The fourth-order valence-corrected chi connectivity index (χ4v) is 1.52. The third-order valence-corrected chi connectivity index (χ3v) is 2.33. The van der Waals surface area contributed by atoms with Crippen molar-refractivity contribution in [1.29, 1.82) is 0 Å². The highest BCUT2D eigenvalue weighted by atomic mass is 16.5. The zero-order valence-electron chi connectivity index (χ0n) is 7.73. The minimum atomic E-state index is -0.725. The maximum absolute atomic E-state index is 9.36. The molecule has 1 saturated heterocycles. The molecule has 0 saturated carbocycles. The van der Waals surface area contributed by atoms with Crippen LogP contribution in [-0.2, 0) is 10.3 Å². The topological polar surface area (TPSA) is 67.3 Å². The van der Waals surface area contributed by atoms with Crippen LogP contribution in [0.5, 0.6) is 0 Å². The Hall–Kier alpha value is -1.04. The van der Waals surface area contributed by atoms with Gasteiger partial charge in [0.2, 0.25) is 0 Å². The van der Waals surface area contributed by atoms with E-state index < -0.39 is 5.60 Å². The summed E-state index contributed by atoms with van der Waals surface area (Å²) in [6, 6.07) is 1.74. The van der Waals surface area contributed by atoms with Gasteiger partial charge in [0.05, 0.1) is 18.9 Å². The lowest BCUT2D eigenvalue weighted by Crippen LogP contribution is -2.50. The van der Waals surface area contributed by atoms with Gasteiger partial charge < -0.3 is 15.2 Å². The molecule has 1 fully saturated rings. The van der Waals surface area contributed by atoms with Crippen molar-refractivity contribution in [3.05, 3.63) is 24.3 Å². The van der Waals surface area contributed by atoms with Gasteiger partial charge in [0.25, 0.3) is 0 Å². The normalized spacial score (nSPS) is 27.5. The van der Waals surface area contributed by atoms with Crippen molar-refractivity contribution in [2.75, 3.05) is 26.3 Å². The predicted molar refractivity (Wildman–Crippen MR) is 48.5 cm³/mol. The molecular weight excluding hydrogens is 182 g/mol. The second kappa shape index (κ2) is 4.00. The van der Waals surface area contributed by atoms with E-state index in [1.54, 1.807) is 12.3 Å². The first-order valence-corrected chi connectivity index (χ1v) is 4.52. The standard InChI is InChI=1S/C9H12N3O2/c13-6-9(5-10-3-4-14-9)8-1-2-11-7-12-8/h1-2,10,13H,3-6H2. The number of nitrogens with one attached hydrogen (secondary N) is 1. The number of hydrogen-bond acceptors (Lipinski definition) is 5. The van der Waals surface area contributed by atoms with Crippen molar-refractivity contribution >= 4 is 0 Å². The van der Waals surface area contributed by atoms with Gasteiger partial charge in [-0.3, -0.25) is 0 Å². The summed E-state index contributed by atoms with van der Waals surface area (Å²) in [5.74, 6) is 0. The van der Waals surface area contributed by atoms with Gasteiger partial charge in [-0.25, -0.2) is 9.97 Å². The van der Waals surface area contributed by atoms with E-state index in [1.807, 2.05) is 0 Å². The van der Waals surface area contributed by atoms with Gasteiger partial charge in [-0.2, -0.15) is 0 Å². The third kappa shape index (κ3) is 1.61. The molecule has 1 aliphatic rings. The number of aliphatic hydroxyl groups is 1. The first-order chi connectivity index (χ1) is 6.87. The Morgan fingerprint density at radius 3 is 3.21 bits per heavy atom. The van der Waals surface area contributed by atoms with E-state index in [-0.39, 0.29) is 6.61 Å². The van der Waals surface area contributed by atoms with Crippen molar-refractivity contribution in [1.82, 2.24) is 15.3 Å². The fourth-order valence-electron chi connectivity index (χ4n) is 1.52. The Bertz CT molecular complexity index is 285. The lowest BCUT2D eigenvalue weighted by atomic mass is 9.99. The molecule has 1 aromatic heterocycles. The molecule has 5 nitrogen and oxygen atoms in total. The maximum Gasteiger partial charge on any atom is 0.198 e. The Balaban J connectivity index is 2.27. The van der Waals surface area contributed by atoms with Crippen LogP contribution in [0.2, 0.25) is 0 Å². The highest BCUT2D eigenvalue weighted by molar-refractivity contribution is 5.12. The average Bonchev–Trinajstić information content (AvgIpc) is 2.31. The molecule has 1 radical (unpaired) electrons. The molecule has 1 atom stereocenters. The summed E-state index contributed by atoms with van der Waals surface area (Å²) in [5.41, 5.74) is -0.0558. The second-order valence-corrected chi connectivity index (χ2v) is 3.22. The van der Waals surface area contributed by atoms with Crippen molar-refractivity contribution in [3.63, 3.8) is 0 Å². The molecule has 1 aliphatic heterocycles. The zero-order valence-corrected chi connectivity index (χ0v) is 7.73. The molecule has 0 spiro atoms. The number of nitrogens with zero attached hydrogens (tertiary/aromatic N) is 2. The maximum atomic E-state index is 9.36. The molecule has 75 valence electrons. The Kier molecular flexibility index (Phi) is 2.72. The van der Waals surface area contributed by atoms with Crippen molar-refractivity contribution in [2.24, 2.45) is 0 Å². The van der Waals surface area contributed by atoms with Crippen LogP contribution in [-0.4, -0.2) is 41.4 Å². The highest BCUT2D eigenvalue weighted by Gasteiger charge is 2.36. The van der Waals surface area contributed by atoms with Gasteiger partial charge in [-0.1, -0.05) is 0 Å². The average molecular weight is 194 g/mol. The summed E-state index contributed by atoms with van der Waals surface area (Å²) in [6.45, 7) is 1.85. The van der Waals surface area contributed by atoms with Crippen LogP contribution in [0.1, 0.15) is 5.69 Å². The minimum absolute atomic E-state index is 0.0924. The molecule has 5 heteroatoms. The molecule has 0 aromatic carbocycles. The van der Waals surface area contributed by atoms with Gasteiger partial charge in [0.1, 0.15) is 5.60 Å². The quantitative estimate of drug-likeness (QED) is 0.637. The molecule has 2 N–H and O–H groups in total. The highest BCUT2D eigenvalue weighted by Crippen LogP contribution is 2.23. The lowest BCUT2D eigenvalue weighted by molar-refractivity contribution is -0.104. The van der Waals surface area contributed by atoms with Crippen LogP contribution in [0, 0.1) is 6.33 Å². The molecule has 1 aromatic rings. The van der Waals surface area contributed by atoms with E-state index >= 15 is 0 Å². The third-order valence-electron chi connectivity index (χ3n) is 2.33. The molecule has 0 aliphatic carbocycles. The smallest absolute Gasteiger partial charge is 0.198 e. The number of aromatic nitrogens is 2. The molecular formula is C9H12N3O2. The lowest BCUT2D eigenvalue weighted by Gasteiger charge is -2.35. The zero-order chi connectivity index (χ0) is 9.86. The number of hydrogen-bond donors (Lipinski definition) is 2. The Morgan fingerprint density at radius 1 is 1.71 bits per heavy atom. The minimum Gasteiger partial charge on any atom is -0.393 e. The molecule has 14 heavy (non-hydrogen) atoms. The summed E-state index contributed by atoms with van der Waals surface area (Å²) in [6.07, 6.45) is 4.09. The van der Waals surface area contributed by atoms with E-state index in [2.05, 4.69) is 21.6 Å². The summed E-state index contributed by atoms with van der Waals surface area (Å²) in [7, 11) is 0. The number of aliphatic hydroxyl groups excluding tert-OH is 1. The summed E-state index contributed by atoms with van der Waals surface area (Å²) >= 11 is 0. The largest absolute Gasteiger partial charge is 0.393 e. The summed E-state index contributed by atoms with van der Waals surface area (Å²) in [5, 5.41) is 12.5. The van der Waals surface area contributed by atoms with E-state index in [0.717, 1.165) is 6.54 Å². The molecule has 0 amide bonds. The SMILES string of the molecule is OCC1(c2ccn[c]n2)CNCCO1. The van der Waals surface area contributed by atoms with E-state index in [4.69, 9.17) is 4.74 Å². The van der Waals surface area contributed by atoms with Crippen LogP contribution in [0.4, 0.5) is 0 Å². The van der Waals surface area contributed by atoms with Gasteiger partial charge in [-0.15, -0.1) is 0 Å². The van der Waals surface area contributed by atoms with Crippen LogP contribution in [0.25, 0.3) is 0 Å². The predicted octanol–water partition coefficient (Wildman–Crippen LogP) is -0.916. The van der Waals surface area contributed by atoms with Crippen LogP contribution in [0.3, 0.4) is 0 Å². The van der Waals surface area contributed by atoms with E-state index in [9.17, 15) is 5.11 Å². The molecule has 2 heterocycles. The summed E-state index contributed by atoms with van der Waals surface area (Å²) < 4.78 is 5.58. The monoisotopic (exact) mass is 194 g/mol. The van der Waals surface area contributed by atoms with Crippen LogP contribution >= 0.6 is 0 Å². The van der Waals surface area contributed by atoms with Gasteiger partial charge in [0, 0.05) is 19.3 Å². The number of ether oxygens (including phenoxy) is 1. The first-order valence-electron chi connectivity index (χ1n) is 4.52. The van der Waals surface area contributed by atoms with Gasteiger partial charge >= 0.3 is 0 Å². The Morgan fingerprint density at radius 2 is 2.64 bits per heavy atom. The Labute approximate surface area is 82.1 Å². The second-order valence-electron chi connectivity index (χ2n) is 3.22. The summed E-state index contributed by atoms with van der Waals surface area (Å²) in [4.78, 5) is 7.70. The molecule has 0 bridgehead atoms. The van der Waals surface area contributed by atoms with Gasteiger partial charge in [0.15, 0.2) is 6.33 Å². The van der Waals surface area contributed by atoms with Gasteiger partial charge in [-0.05, 0) is 6.07 Å². The van der Waals surface area contributed by atoms with Crippen molar-refractivity contribution < 1.29 is 9.84 Å². The van der Waals surface area contributed by atoms with Crippen LogP contribution < -0.4 is 5.32 Å². The molecule has 2 rings (SSSR count). The number of rotatable bonds is 2. The number of morpholine rings is 1. The van der Waals surface area contributed by atoms with Crippen molar-refractivity contribution in [3.8, 4) is 0 Å². The van der Waals surface area contributed by atoms with Crippen molar-refractivity contribution in [2.45, 2.75) is 5.60 Å². The van der Waals surface area contributed by atoms with E-state index in [1.165, 1.54) is 0 Å².